The first-order valence-electron chi connectivity index (χ1n) is 7.75. The van der Waals surface area contributed by atoms with E-state index in [2.05, 4.69) is 44.2 Å². The minimum Gasteiger partial charge on any atom is -0.251 e. The van der Waals surface area contributed by atoms with Crippen molar-refractivity contribution in [3.8, 4) is 6.07 Å². The number of hydrogen-bond donors (Lipinski definition) is 0. The van der Waals surface area contributed by atoms with Crippen molar-refractivity contribution in [2.24, 2.45) is 0 Å². The van der Waals surface area contributed by atoms with Crippen molar-refractivity contribution in [2.45, 2.75) is 24.8 Å². The summed E-state index contributed by atoms with van der Waals surface area (Å²) in [5.41, 5.74) is 1.58. The summed E-state index contributed by atoms with van der Waals surface area (Å²) in [7, 11) is 0. The van der Waals surface area contributed by atoms with Gasteiger partial charge in [-0.2, -0.15) is 10.4 Å². The standard InChI is InChI=1S/C19H17BrN4/c20-18-8-6-17(7-9-18)19(12-21,13-24-15-22-14-23-24)11-10-16-4-2-1-3-5-16/h1-9,14-15H,10-11,13H2. The third-order valence-corrected chi connectivity index (χ3v) is 4.72. The Hall–Kier alpha value is -2.45. The SMILES string of the molecule is N#CC(CCc1ccccc1)(Cn1cncn1)c1ccc(Br)cc1. The number of aromatic nitrogens is 3. The number of rotatable bonds is 6. The number of nitriles is 1. The van der Waals surface area contributed by atoms with Crippen LogP contribution in [0.15, 0.2) is 71.7 Å². The van der Waals surface area contributed by atoms with Crippen LogP contribution in [0.1, 0.15) is 17.5 Å². The van der Waals surface area contributed by atoms with Gasteiger partial charge in [0.1, 0.15) is 18.1 Å². The van der Waals surface area contributed by atoms with E-state index in [0.717, 1.165) is 22.9 Å². The predicted molar refractivity (Wildman–Crippen MR) is 96.2 cm³/mol. The lowest BCUT2D eigenvalue weighted by atomic mass is 9.77. The Kier molecular flexibility index (Phi) is 5.07. The second kappa shape index (κ2) is 7.41. The highest BCUT2D eigenvalue weighted by molar-refractivity contribution is 9.10. The monoisotopic (exact) mass is 380 g/mol. The van der Waals surface area contributed by atoms with E-state index in [4.69, 9.17) is 0 Å². The van der Waals surface area contributed by atoms with Crippen molar-refractivity contribution in [3.63, 3.8) is 0 Å². The van der Waals surface area contributed by atoms with Crippen LogP contribution >= 0.6 is 15.9 Å². The summed E-state index contributed by atoms with van der Waals surface area (Å²) < 4.78 is 2.73. The van der Waals surface area contributed by atoms with Crippen LogP contribution in [0.5, 0.6) is 0 Å². The second-order valence-corrected chi connectivity index (χ2v) is 6.70. The number of aryl methyl sites for hydroxylation is 1. The van der Waals surface area contributed by atoms with Gasteiger partial charge < -0.3 is 0 Å². The highest BCUT2D eigenvalue weighted by Gasteiger charge is 2.33. The van der Waals surface area contributed by atoms with Crippen LogP contribution in [-0.2, 0) is 18.4 Å². The molecule has 0 aliphatic carbocycles. The molecule has 1 atom stereocenters. The molecule has 1 unspecified atom stereocenters. The van der Waals surface area contributed by atoms with Crippen LogP contribution in [0, 0.1) is 11.3 Å². The molecule has 0 fully saturated rings. The van der Waals surface area contributed by atoms with E-state index in [1.165, 1.54) is 11.9 Å². The number of nitrogens with zero attached hydrogens (tertiary/aromatic N) is 4. The maximum absolute atomic E-state index is 10.1. The minimum absolute atomic E-state index is 0.484. The quantitative estimate of drug-likeness (QED) is 0.645. The summed E-state index contributed by atoms with van der Waals surface area (Å²) in [5, 5.41) is 14.2. The highest BCUT2D eigenvalue weighted by Crippen LogP contribution is 2.32. The largest absolute Gasteiger partial charge is 0.251 e. The summed E-state index contributed by atoms with van der Waals surface area (Å²) in [5.74, 6) is 0. The maximum atomic E-state index is 10.1. The van der Waals surface area contributed by atoms with Crippen LogP contribution in [0.2, 0.25) is 0 Å². The van der Waals surface area contributed by atoms with Gasteiger partial charge in [-0.05, 0) is 36.1 Å². The fraction of sp³-hybridized carbons (Fsp3) is 0.211. The van der Waals surface area contributed by atoms with Crippen molar-refractivity contribution < 1.29 is 0 Å². The van der Waals surface area contributed by atoms with E-state index in [0.29, 0.717) is 6.54 Å². The summed E-state index contributed by atoms with van der Waals surface area (Å²) in [6.07, 6.45) is 4.71. The molecule has 3 rings (SSSR count). The molecular weight excluding hydrogens is 364 g/mol. The van der Waals surface area contributed by atoms with E-state index in [9.17, 15) is 5.26 Å². The first-order chi connectivity index (χ1) is 11.7. The molecule has 3 aromatic rings. The molecular formula is C19H17BrN4. The smallest absolute Gasteiger partial charge is 0.137 e. The lowest BCUT2D eigenvalue weighted by Gasteiger charge is -2.27. The third-order valence-electron chi connectivity index (χ3n) is 4.19. The van der Waals surface area contributed by atoms with E-state index >= 15 is 0 Å². The van der Waals surface area contributed by atoms with Crippen LogP contribution in [0.4, 0.5) is 0 Å². The Morgan fingerprint density at radius 2 is 1.83 bits per heavy atom. The van der Waals surface area contributed by atoms with E-state index in [1.807, 2.05) is 42.5 Å². The van der Waals surface area contributed by atoms with Crippen molar-refractivity contribution in [3.05, 3.63) is 82.9 Å². The van der Waals surface area contributed by atoms with Crippen molar-refractivity contribution in [1.29, 1.82) is 5.26 Å². The molecule has 0 spiro atoms. The molecule has 0 N–H and O–H groups in total. The summed E-state index contributed by atoms with van der Waals surface area (Å²) >= 11 is 3.46. The average molecular weight is 381 g/mol. The first-order valence-corrected chi connectivity index (χ1v) is 8.55. The molecule has 0 bridgehead atoms. The van der Waals surface area contributed by atoms with Gasteiger partial charge in [-0.3, -0.25) is 4.68 Å². The molecule has 1 aromatic heterocycles. The molecule has 0 amide bonds. The van der Waals surface area contributed by atoms with E-state index in [-0.39, 0.29) is 0 Å². The van der Waals surface area contributed by atoms with Crippen molar-refractivity contribution in [2.75, 3.05) is 0 Å². The predicted octanol–water partition coefficient (Wildman–Crippen LogP) is 4.13. The van der Waals surface area contributed by atoms with Crippen LogP contribution < -0.4 is 0 Å². The normalized spacial score (nSPS) is 13.2. The number of hydrogen-bond acceptors (Lipinski definition) is 3. The zero-order chi connectivity index (χ0) is 16.8. The molecule has 0 aliphatic heterocycles. The van der Waals surface area contributed by atoms with Gasteiger partial charge in [-0.15, -0.1) is 0 Å². The van der Waals surface area contributed by atoms with Gasteiger partial charge >= 0.3 is 0 Å². The Morgan fingerprint density at radius 1 is 1.08 bits per heavy atom. The Balaban J connectivity index is 1.92. The molecule has 0 saturated carbocycles. The Bertz CT molecular complexity index is 807. The lowest BCUT2D eigenvalue weighted by Crippen LogP contribution is -2.31. The number of benzene rings is 2. The maximum Gasteiger partial charge on any atom is 0.137 e. The van der Waals surface area contributed by atoms with Gasteiger partial charge in [0.2, 0.25) is 0 Å². The average Bonchev–Trinajstić information content (AvgIpc) is 3.13. The molecule has 24 heavy (non-hydrogen) atoms. The topological polar surface area (TPSA) is 54.5 Å². The fourth-order valence-corrected chi connectivity index (χ4v) is 3.10. The second-order valence-electron chi connectivity index (χ2n) is 5.78. The molecule has 0 radical (unpaired) electrons. The van der Waals surface area contributed by atoms with E-state index < -0.39 is 5.41 Å². The summed E-state index contributed by atoms with van der Waals surface area (Å²) in [6, 6.07) is 20.8. The summed E-state index contributed by atoms with van der Waals surface area (Å²) in [6.45, 7) is 0.484. The van der Waals surface area contributed by atoms with Gasteiger partial charge in [-0.1, -0.05) is 58.4 Å². The van der Waals surface area contributed by atoms with Crippen molar-refractivity contribution >= 4 is 15.9 Å². The lowest BCUT2D eigenvalue weighted by molar-refractivity contribution is 0.402. The van der Waals surface area contributed by atoms with Gasteiger partial charge in [0.05, 0.1) is 12.6 Å². The number of halogens is 1. The first kappa shape index (κ1) is 16.4. The van der Waals surface area contributed by atoms with Crippen LogP contribution in [0.3, 0.4) is 0 Å². The van der Waals surface area contributed by atoms with Crippen LogP contribution in [0.25, 0.3) is 0 Å². The van der Waals surface area contributed by atoms with Crippen LogP contribution in [-0.4, -0.2) is 14.8 Å². The molecule has 4 nitrogen and oxygen atoms in total. The highest BCUT2D eigenvalue weighted by atomic mass is 79.9. The van der Waals surface area contributed by atoms with Gasteiger partial charge in [0, 0.05) is 4.47 Å². The molecule has 2 aromatic carbocycles. The molecule has 0 saturated heterocycles. The molecule has 0 aliphatic rings. The zero-order valence-corrected chi connectivity index (χ0v) is 14.7. The molecule has 1 heterocycles. The fourth-order valence-electron chi connectivity index (χ4n) is 2.83. The minimum atomic E-state index is -0.649. The third kappa shape index (κ3) is 3.72. The van der Waals surface area contributed by atoms with E-state index in [1.54, 1.807) is 11.0 Å². The molecule has 120 valence electrons. The Morgan fingerprint density at radius 3 is 2.46 bits per heavy atom. The van der Waals surface area contributed by atoms with Gasteiger partial charge in [0.15, 0.2) is 0 Å². The van der Waals surface area contributed by atoms with Crippen molar-refractivity contribution in [1.82, 2.24) is 14.8 Å². The summed E-state index contributed by atoms with van der Waals surface area (Å²) in [4.78, 5) is 4.00. The Labute approximate surface area is 149 Å². The zero-order valence-electron chi connectivity index (χ0n) is 13.1. The van der Waals surface area contributed by atoms with Gasteiger partial charge in [0.25, 0.3) is 0 Å². The van der Waals surface area contributed by atoms with Gasteiger partial charge in [-0.25, -0.2) is 4.98 Å². The molecule has 5 heteroatoms.